The first-order valence-electron chi connectivity index (χ1n) is 6.82. The van der Waals surface area contributed by atoms with Crippen LogP contribution in [0.2, 0.25) is 10.0 Å². The lowest BCUT2D eigenvalue weighted by Gasteiger charge is -2.08. The van der Waals surface area contributed by atoms with Gasteiger partial charge in [-0.25, -0.2) is 4.98 Å². The molecular weight excluding hydrogens is 319 g/mol. The lowest BCUT2D eigenvalue weighted by atomic mass is 10.2. The number of ether oxygens (including phenoxy) is 1. The van der Waals surface area contributed by atoms with Gasteiger partial charge in [-0.15, -0.1) is 0 Å². The van der Waals surface area contributed by atoms with Crippen molar-refractivity contribution in [3.8, 4) is 5.75 Å². The molecule has 0 aliphatic heterocycles. The highest BCUT2D eigenvalue weighted by Gasteiger charge is 2.01. The number of nitrogens with zero attached hydrogens (tertiary/aromatic N) is 2. The van der Waals surface area contributed by atoms with Crippen molar-refractivity contribution in [3.63, 3.8) is 0 Å². The molecule has 0 saturated heterocycles. The minimum absolute atomic E-state index is 0.456. The van der Waals surface area contributed by atoms with E-state index in [2.05, 4.69) is 4.98 Å². The Bertz CT molecular complexity index is 740. The summed E-state index contributed by atoms with van der Waals surface area (Å²) in [6.07, 6.45) is 5.51. The second-order valence-electron chi connectivity index (χ2n) is 4.92. The molecule has 0 aliphatic rings. The highest BCUT2D eigenvalue weighted by Crippen LogP contribution is 2.23. The first-order valence-corrected chi connectivity index (χ1v) is 7.58. The van der Waals surface area contributed by atoms with Crippen LogP contribution in [0.1, 0.15) is 11.1 Å². The molecule has 0 unspecified atom stereocenters. The van der Waals surface area contributed by atoms with Gasteiger partial charge in [0.05, 0.1) is 16.4 Å². The van der Waals surface area contributed by atoms with Gasteiger partial charge in [0.2, 0.25) is 0 Å². The van der Waals surface area contributed by atoms with Gasteiger partial charge < -0.3 is 9.30 Å². The molecule has 3 rings (SSSR count). The van der Waals surface area contributed by atoms with E-state index in [0.29, 0.717) is 16.7 Å². The highest BCUT2D eigenvalue weighted by atomic mass is 35.5. The summed E-state index contributed by atoms with van der Waals surface area (Å²) in [5.74, 6) is 0.820. The Morgan fingerprint density at radius 1 is 0.955 bits per heavy atom. The Labute approximate surface area is 139 Å². The number of rotatable bonds is 5. The van der Waals surface area contributed by atoms with Crippen molar-refractivity contribution < 1.29 is 4.74 Å². The predicted octanol–water partition coefficient (Wildman–Crippen LogP) is 4.82. The summed E-state index contributed by atoms with van der Waals surface area (Å²) in [4.78, 5) is 4.03. The van der Waals surface area contributed by atoms with Crippen LogP contribution >= 0.6 is 23.2 Å². The van der Waals surface area contributed by atoms with Gasteiger partial charge in [0.25, 0.3) is 0 Å². The Hall–Kier alpha value is -1.97. The average Bonchev–Trinajstić information content (AvgIpc) is 3.03. The third-order valence-electron chi connectivity index (χ3n) is 3.24. The maximum absolute atomic E-state index is 5.99. The first-order chi connectivity index (χ1) is 10.7. The molecule has 112 valence electrons. The van der Waals surface area contributed by atoms with Crippen LogP contribution in [0, 0.1) is 0 Å². The molecule has 0 aliphatic carbocycles. The summed E-state index contributed by atoms with van der Waals surface area (Å²) in [6.45, 7) is 1.25. The van der Waals surface area contributed by atoms with E-state index in [-0.39, 0.29) is 0 Å². The molecule has 0 spiro atoms. The molecular formula is C17H14Cl2N2O. The van der Waals surface area contributed by atoms with E-state index in [1.165, 1.54) is 5.56 Å². The maximum atomic E-state index is 5.99. The zero-order chi connectivity index (χ0) is 15.4. The quantitative estimate of drug-likeness (QED) is 0.669. The monoisotopic (exact) mass is 332 g/mol. The van der Waals surface area contributed by atoms with E-state index in [9.17, 15) is 0 Å². The van der Waals surface area contributed by atoms with Crippen LogP contribution < -0.4 is 4.74 Å². The summed E-state index contributed by atoms with van der Waals surface area (Å²) < 4.78 is 7.78. The third kappa shape index (κ3) is 3.81. The van der Waals surface area contributed by atoms with Crippen LogP contribution in [0.3, 0.4) is 0 Å². The third-order valence-corrected chi connectivity index (χ3v) is 3.98. The molecule has 0 bridgehead atoms. The van der Waals surface area contributed by atoms with Crippen molar-refractivity contribution in [1.82, 2.24) is 9.55 Å². The summed E-state index contributed by atoms with van der Waals surface area (Å²) in [5, 5.41) is 1.09. The van der Waals surface area contributed by atoms with Crippen LogP contribution in [0.5, 0.6) is 5.75 Å². The molecule has 5 heteroatoms. The van der Waals surface area contributed by atoms with Crippen LogP contribution in [0.25, 0.3) is 0 Å². The van der Waals surface area contributed by atoms with E-state index < -0.39 is 0 Å². The predicted molar refractivity (Wildman–Crippen MR) is 88.6 cm³/mol. The number of hydrogen-bond acceptors (Lipinski definition) is 2. The van der Waals surface area contributed by atoms with Gasteiger partial charge in [-0.1, -0.05) is 41.4 Å². The normalized spacial score (nSPS) is 10.6. The minimum Gasteiger partial charge on any atom is -0.489 e. The van der Waals surface area contributed by atoms with Crippen molar-refractivity contribution in [1.29, 1.82) is 0 Å². The molecule has 3 aromatic rings. The van der Waals surface area contributed by atoms with Crippen molar-refractivity contribution >= 4 is 23.2 Å². The molecule has 0 amide bonds. The molecule has 0 radical (unpaired) electrons. The lowest BCUT2D eigenvalue weighted by molar-refractivity contribution is 0.306. The van der Waals surface area contributed by atoms with E-state index in [1.54, 1.807) is 18.6 Å². The number of halogens is 2. The Kier molecular flexibility index (Phi) is 4.66. The Morgan fingerprint density at radius 3 is 2.41 bits per heavy atom. The highest BCUT2D eigenvalue weighted by molar-refractivity contribution is 6.42. The SMILES string of the molecule is Clc1ccc(COc2ccc(Cn3ccnc3)cc2)cc1Cl. The zero-order valence-electron chi connectivity index (χ0n) is 11.7. The van der Waals surface area contributed by atoms with Gasteiger partial charge in [0.15, 0.2) is 0 Å². The van der Waals surface area contributed by atoms with Gasteiger partial charge in [0, 0.05) is 18.9 Å². The first kappa shape index (κ1) is 14.9. The van der Waals surface area contributed by atoms with E-state index in [0.717, 1.165) is 17.9 Å². The van der Waals surface area contributed by atoms with E-state index in [4.69, 9.17) is 27.9 Å². The fraction of sp³-hybridized carbons (Fsp3) is 0.118. The maximum Gasteiger partial charge on any atom is 0.119 e. The molecule has 0 fully saturated rings. The van der Waals surface area contributed by atoms with Crippen LogP contribution in [-0.4, -0.2) is 9.55 Å². The topological polar surface area (TPSA) is 27.1 Å². The number of aromatic nitrogens is 2. The van der Waals surface area contributed by atoms with Crippen molar-refractivity contribution in [2.24, 2.45) is 0 Å². The second-order valence-corrected chi connectivity index (χ2v) is 5.73. The summed E-state index contributed by atoms with van der Waals surface area (Å²) in [5.41, 5.74) is 2.18. The van der Waals surface area contributed by atoms with Crippen molar-refractivity contribution in [2.75, 3.05) is 0 Å². The summed E-state index contributed by atoms with van der Waals surface area (Å²) in [7, 11) is 0. The van der Waals surface area contributed by atoms with Gasteiger partial charge in [-0.05, 0) is 35.4 Å². The standard InChI is InChI=1S/C17H14Cl2N2O/c18-16-6-3-14(9-17(16)19)11-22-15-4-1-13(2-5-15)10-21-8-7-20-12-21/h1-9,12H,10-11H2. The molecule has 1 aromatic heterocycles. The molecule has 1 heterocycles. The molecule has 3 nitrogen and oxygen atoms in total. The summed E-state index contributed by atoms with van der Waals surface area (Å²) in [6, 6.07) is 13.5. The molecule has 0 atom stereocenters. The largest absolute Gasteiger partial charge is 0.489 e. The fourth-order valence-electron chi connectivity index (χ4n) is 2.08. The molecule has 0 N–H and O–H groups in total. The number of imidazole rings is 1. The Morgan fingerprint density at radius 2 is 1.73 bits per heavy atom. The van der Waals surface area contributed by atoms with Crippen LogP contribution in [0.4, 0.5) is 0 Å². The van der Waals surface area contributed by atoms with E-state index in [1.807, 2.05) is 47.2 Å². The zero-order valence-corrected chi connectivity index (χ0v) is 13.3. The number of benzene rings is 2. The fourth-order valence-corrected chi connectivity index (χ4v) is 2.40. The van der Waals surface area contributed by atoms with Crippen molar-refractivity contribution in [3.05, 3.63) is 82.4 Å². The second kappa shape index (κ2) is 6.86. The Balaban J connectivity index is 1.60. The van der Waals surface area contributed by atoms with Crippen LogP contribution in [-0.2, 0) is 13.2 Å². The molecule has 2 aromatic carbocycles. The minimum atomic E-state index is 0.456. The van der Waals surface area contributed by atoms with E-state index >= 15 is 0 Å². The lowest BCUT2D eigenvalue weighted by Crippen LogP contribution is -1.98. The van der Waals surface area contributed by atoms with Crippen molar-refractivity contribution in [2.45, 2.75) is 13.2 Å². The molecule has 22 heavy (non-hydrogen) atoms. The van der Waals surface area contributed by atoms with Gasteiger partial charge in [-0.2, -0.15) is 0 Å². The van der Waals surface area contributed by atoms with Gasteiger partial charge in [0.1, 0.15) is 12.4 Å². The average molecular weight is 333 g/mol. The number of hydrogen-bond donors (Lipinski definition) is 0. The summed E-state index contributed by atoms with van der Waals surface area (Å²) >= 11 is 11.9. The van der Waals surface area contributed by atoms with Gasteiger partial charge >= 0.3 is 0 Å². The smallest absolute Gasteiger partial charge is 0.119 e. The molecule has 0 saturated carbocycles. The van der Waals surface area contributed by atoms with Crippen LogP contribution in [0.15, 0.2) is 61.2 Å². The van der Waals surface area contributed by atoms with Gasteiger partial charge in [-0.3, -0.25) is 0 Å².